The molecule has 0 saturated carbocycles. The molecule has 0 fully saturated rings. The molecule has 19 heteroatoms. The summed E-state index contributed by atoms with van der Waals surface area (Å²) in [4.78, 5) is 77.1. The average Bonchev–Trinajstić information content (AvgIpc) is 3.50. The molecule has 2 N–H and O–H groups in total. The first-order chi connectivity index (χ1) is 24.0. The standard InChI is InChI=1S/C17H26N2O6S.C10H18O5.C7H10N2O2S/c1-8-23-12(20)9-11-10-26-13(18-14(21)24-16(2,3)4)19(11)15(22)25-17(5,6)7;1-9(2,3)14-7(11)13-8(12)15-10(4,5)6;1-2-11-6(10)3-5-4-12-7(8)9-5/h10H,8-9H2,1-7H3;1-6H3;4H,2-3H2,1H3,(H2,8,9). The van der Waals surface area contributed by atoms with Gasteiger partial charge in [0.05, 0.1) is 37.4 Å². The van der Waals surface area contributed by atoms with Crippen LogP contribution in [0.15, 0.2) is 15.8 Å². The molecule has 0 bridgehead atoms. The number of esters is 2. The number of thiazole rings is 2. The Morgan fingerprint density at radius 3 is 1.53 bits per heavy atom. The Kier molecular flexibility index (Phi) is 19.4. The summed E-state index contributed by atoms with van der Waals surface area (Å²) in [5.41, 5.74) is 3.52. The van der Waals surface area contributed by atoms with Gasteiger partial charge < -0.3 is 38.9 Å². The lowest BCUT2D eigenvalue weighted by Gasteiger charge is -2.20. The second kappa shape index (κ2) is 21.2. The second-order valence-electron chi connectivity index (χ2n) is 14.6. The largest absolute Gasteiger partial charge is 0.519 e. The Balaban J connectivity index is 0.000000845. The van der Waals surface area contributed by atoms with E-state index >= 15 is 0 Å². The molecule has 300 valence electrons. The van der Waals surface area contributed by atoms with Crippen molar-refractivity contribution in [3.8, 4) is 0 Å². The van der Waals surface area contributed by atoms with Crippen LogP contribution in [0.4, 0.5) is 24.3 Å². The fourth-order valence-electron chi connectivity index (χ4n) is 3.15. The van der Waals surface area contributed by atoms with Crippen LogP contribution in [0.25, 0.3) is 0 Å². The maximum Gasteiger partial charge on any atom is 0.519 e. The molecular weight excluding hydrogens is 737 g/mol. The molecule has 0 aliphatic heterocycles. The Hall–Kier alpha value is -4.52. The number of nitrogens with two attached hydrogens (primary N) is 1. The van der Waals surface area contributed by atoms with Crippen molar-refractivity contribution in [1.29, 1.82) is 0 Å². The SMILES string of the molecule is CC(C)(C)OC(=O)OC(=O)OC(C)(C)C.CCOC(=O)Cc1csc(=NC(=O)OC(C)(C)C)n1C(=O)OC(C)(C)C.CCOC(=O)Cc1csc(N)n1. The van der Waals surface area contributed by atoms with E-state index in [-0.39, 0.29) is 30.2 Å². The van der Waals surface area contributed by atoms with Crippen LogP contribution >= 0.6 is 22.7 Å². The van der Waals surface area contributed by atoms with Gasteiger partial charge in [0.2, 0.25) is 4.80 Å². The smallest absolute Gasteiger partial charge is 0.466 e. The first-order valence-electron chi connectivity index (χ1n) is 16.4. The number of anilines is 1. The number of nitrogen functional groups attached to an aromatic ring is 1. The molecule has 2 aromatic heterocycles. The number of hydrogen-bond acceptors (Lipinski definition) is 17. The highest BCUT2D eigenvalue weighted by atomic mass is 32.1. The van der Waals surface area contributed by atoms with E-state index in [1.54, 1.807) is 108 Å². The monoisotopic (exact) mass is 790 g/mol. The lowest BCUT2D eigenvalue weighted by molar-refractivity contribution is -0.143. The molecule has 0 radical (unpaired) electrons. The average molecular weight is 791 g/mol. The van der Waals surface area contributed by atoms with Crippen molar-refractivity contribution in [2.45, 2.75) is 132 Å². The van der Waals surface area contributed by atoms with Crippen molar-refractivity contribution >= 4 is 64.2 Å². The molecule has 1 amide bonds. The first kappa shape index (κ1) is 48.5. The number of carbonyl (C=O) groups is 6. The van der Waals surface area contributed by atoms with Crippen LogP contribution in [0.1, 0.15) is 108 Å². The Bertz CT molecular complexity index is 1570. The van der Waals surface area contributed by atoms with Crippen LogP contribution in [-0.2, 0) is 55.6 Å². The quantitative estimate of drug-likeness (QED) is 0.177. The van der Waals surface area contributed by atoms with Gasteiger partial charge in [-0.1, -0.05) is 0 Å². The fourth-order valence-corrected chi connectivity index (χ4v) is 4.56. The number of nitrogens with zero attached hydrogens (tertiary/aromatic N) is 3. The molecule has 0 aliphatic carbocycles. The zero-order valence-electron chi connectivity index (χ0n) is 33.0. The van der Waals surface area contributed by atoms with Crippen molar-refractivity contribution < 1.29 is 61.9 Å². The molecule has 2 aromatic rings. The third kappa shape index (κ3) is 24.4. The summed E-state index contributed by atoms with van der Waals surface area (Å²) < 4.78 is 35.1. The Morgan fingerprint density at radius 1 is 0.679 bits per heavy atom. The Morgan fingerprint density at radius 2 is 1.13 bits per heavy atom. The van der Waals surface area contributed by atoms with Gasteiger partial charge in [0.15, 0.2) is 5.13 Å². The van der Waals surface area contributed by atoms with Crippen molar-refractivity contribution in [3.63, 3.8) is 0 Å². The summed E-state index contributed by atoms with van der Waals surface area (Å²) in [5, 5.41) is 3.80. The topological polar surface area (TPSA) is 223 Å². The van der Waals surface area contributed by atoms with Crippen LogP contribution in [0.5, 0.6) is 0 Å². The van der Waals surface area contributed by atoms with Crippen LogP contribution in [0, 0.1) is 0 Å². The summed E-state index contributed by atoms with van der Waals surface area (Å²) in [7, 11) is 0. The molecule has 2 heterocycles. The van der Waals surface area contributed by atoms with Gasteiger partial charge in [-0.05, 0) is 96.9 Å². The molecule has 2 rings (SSSR count). The van der Waals surface area contributed by atoms with Gasteiger partial charge in [0.25, 0.3) is 0 Å². The summed E-state index contributed by atoms with van der Waals surface area (Å²) >= 11 is 2.36. The first-order valence-corrected chi connectivity index (χ1v) is 18.2. The van der Waals surface area contributed by atoms with Crippen molar-refractivity contribution in [2.24, 2.45) is 4.99 Å². The van der Waals surface area contributed by atoms with E-state index in [0.29, 0.717) is 23.1 Å². The minimum absolute atomic E-state index is 0.0628. The van der Waals surface area contributed by atoms with Crippen LogP contribution < -0.4 is 10.5 Å². The molecule has 17 nitrogen and oxygen atoms in total. The van der Waals surface area contributed by atoms with Crippen LogP contribution in [-0.4, -0.2) is 81.6 Å². The van der Waals surface area contributed by atoms with Gasteiger partial charge in [-0.25, -0.2) is 28.7 Å². The molecule has 53 heavy (non-hydrogen) atoms. The lowest BCUT2D eigenvalue weighted by atomic mass is 10.2. The molecule has 0 atom stereocenters. The van der Waals surface area contributed by atoms with Gasteiger partial charge in [-0.2, -0.15) is 0 Å². The number of aromatic nitrogens is 2. The summed E-state index contributed by atoms with van der Waals surface area (Å²) in [6.45, 7) is 24.4. The summed E-state index contributed by atoms with van der Waals surface area (Å²) in [6, 6.07) is 0. The zero-order valence-corrected chi connectivity index (χ0v) is 34.7. The summed E-state index contributed by atoms with van der Waals surface area (Å²) in [5.74, 6) is -0.755. The highest BCUT2D eigenvalue weighted by Crippen LogP contribution is 2.15. The Labute approximate surface area is 318 Å². The molecular formula is C34H54N4O13S2. The number of ether oxygens (including phenoxy) is 7. The minimum Gasteiger partial charge on any atom is -0.466 e. The molecule has 0 saturated heterocycles. The van der Waals surface area contributed by atoms with Crippen molar-refractivity contribution in [3.05, 3.63) is 26.9 Å². The number of hydrogen-bond donors (Lipinski definition) is 1. The highest BCUT2D eigenvalue weighted by Gasteiger charge is 2.25. The molecule has 0 unspecified atom stereocenters. The third-order valence-electron chi connectivity index (χ3n) is 4.71. The van der Waals surface area contributed by atoms with Gasteiger partial charge in [0.1, 0.15) is 22.4 Å². The van der Waals surface area contributed by atoms with Crippen molar-refractivity contribution in [2.75, 3.05) is 18.9 Å². The maximum atomic E-state index is 12.6. The maximum absolute atomic E-state index is 12.6. The van der Waals surface area contributed by atoms with Crippen LogP contribution in [0.2, 0.25) is 0 Å². The van der Waals surface area contributed by atoms with E-state index in [1.807, 2.05) is 0 Å². The molecule has 0 spiro atoms. The van der Waals surface area contributed by atoms with E-state index < -0.39 is 52.9 Å². The minimum atomic E-state index is -1.06. The second-order valence-corrected chi connectivity index (χ2v) is 16.3. The fraction of sp³-hybridized carbons (Fsp3) is 0.647. The third-order valence-corrected chi connectivity index (χ3v) is 6.31. The van der Waals surface area contributed by atoms with E-state index in [1.165, 1.54) is 11.3 Å². The summed E-state index contributed by atoms with van der Waals surface area (Å²) in [6.07, 6.45) is -3.62. The zero-order chi connectivity index (χ0) is 41.4. The van der Waals surface area contributed by atoms with Gasteiger partial charge >= 0.3 is 36.4 Å². The van der Waals surface area contributed by atoms with Gasteiger partial charge in [-0.3, -0.25) is 9.59 Å². The van der Waals surface area contributed by atoms with Crippen molar-refractivity contribution in [1.82, 2.24) is 9.55 Å². The predicted octanol–water partition coefficient (Wildman–Crippen LogP) is 6.98. The number of amides is 1. The molecule has 0 aromatic carbocycles. The van der Waals surface area contributed by atoms with Gasteiger partial charge in [-0.15, -0.1) is 27.7 Å². The van der Waals surface area contributed by atoms with E-state index in [9.17, 15) is 28.8 Å². The van der Waals surface area contributed by atoms with Crippen LogP contribution in [0.3, 0.4) is 0 Å². The van der Waals surface area contributed by atoms with Gasteiger partial charge in [0, 0.05) is 10.8 Å². The molecule has 0 aliphatic rings. The lowest BCUT2D eigenvalue weighted by Crippen LogP contribution is -2.34. The van der Waals surface area contributed by atoms with E-state index in [2.05, 4.69) is 14.7 Å². The van der Waals surface area contributed by atoms with E-state index in [4.69, 9.17) is 34.2 Å². The highest BCUT2D eigenvalue weighted by molar-refractivity contribution is 7.13. The van der Waals surface area contributed by atoms with E-state index in [0.717, 1.165) is 15.9 Å². The predicted molar refractivity (Wildman–Crippen MR) is 196 cm³/mol. The normalized spacial score (nSPS) is 11.8. The number of carbonyl (C=O) groups excluding carboxylic acids is 6. The number of rotatable bonds is 6.